The number of rotatable bonds is 0. The normalized spacial score (nSPS) is 18.6. The molecule has 2 aliphatic rings. The van der Waals surface area contributed by atoms with Crippen molar-refractivity contribution in [3.8, 4) is 0 Å². The highest BCUT2D eigenvalue weighted by molar-refractivity contribution is 5.62. The molecule has 0 radical (unpaired) electrons. The standard InChI is InChI=1S/C12H13N2/c1-3-7-13-9-10-14-8-4-2-6-12(14)11(13)5-1/h1-7H,8-10H2/q+1. The van der Waals surface area contributed by atoms with Crippen LogP contribution in [0.4, 0.5) is 0 Å². The molecule has 0 N–H and O–H groups in total. The number of allylic oxidation sites excluding steroid dienone is 2. The van der Waals surface area contributed by atoms with Gasteiger partial charge in [0.2, 0.25) is 5.69 Å². The Kier molecular flexibility index (Phi) is 1.66. The Bertz CT molecular complexity index is 418. The van der Waals surface area contributed by atoms with E-state index in [9.17, 15) is 0 Å². The summed E-state index contributed by atoms with van der Waals surface area (Å²) in [7, 11) is 0. The minimum atomic E-state index is 1.06. The molecule has 0 spiro atoms. The van der Waals surface area contributed by atoms with Gasteiger partial charge in [0, 0.05) is 18.7 Å². The average Bonchev–Trinajstić information content (AvgIpc) is 2.29. The van der Waals surface area contributed by atoms with Gasteiger partial charge in [-0.05, 0) is 12.1 Å². The van der Waals surface area contributed by atoms with Crippen LogP contribution in [0.3, 0.4) is 0 Å². The topological polar surface area (TPSA) is 7.12 Å². The lowest BCUT2D eigenvalue weighted by Crippen LogP contribution is -2.49. The van der Waals surface area contributed by atoms with Gasteiger partial charge in [-0.25, -0.2) is 0 Å². The molecule has 0 aliphatic carbocycles. The first-order chi connectivity index (χ1) is 6.95. The summed E-state index contributed by atoms with van der Waals surface area (Å²) in [5, 5.41) is 0. The lowest BCUT2D eigenvalue weighted by atomic mass is 10.1. The zero-order valence-electron chi connectivity index (χ0n) is 8.06. The minimum Gasteiger partial charge on any atom is -0.356 e. The largest absolute Gasteiger partial charge is 0.356 e. The molecule has 0 aromatic carbocycles. The lowest BCUT2D eigenvalue weighted by molar-refractivity contribution is -0.702. The minimum absolute atomic E-state index is 1.06. The zero-order valence-corrected chi connectivity index (χ0v) is 8.06. The van der Waals surface area contributed by atoms with E-state index in [1.807, 2.05) is 0 Å². The third-order valence-corrected chi connectivity index (χ3v) is 2.87. The van der Waals surface area contributed by atoms with E-state index in [4.69, 9.17) is 0 Å². The molecule has 2 aliphatic heterocycles. The fourth-order valence-electron chi connectivity index (χ4n) is 2.14. The molecule has 14 heavy (non-hydrogen) atoms. The highest BCUT2D eigenvalue weighted by atomic mass is 15.2. The van der Waals surface area contributed by atoms with Crippen LogP contribution in [0.2, 0.25) is 0 Å². The fraction of sp³-hybridized carbons (Fsp3) is 0.250. The molecule has 0 fully saturated rings. The maximum atomic E-state index is 2.43. The molecular weight excluding hydrogens is 172 g/mol. The molecule has 0 bridgehead atoms. The first-order valence-electron chi connectivity index (χ1n) is 5.06. The third-order valence-electron chi connectivity index (χ3n) is 2.87. The van der Waals surface area contributed by atoms with Gasteiger partial charge in [0.05, 0.1) is 6.54 Å². The first kappa shape index (κ1) is 7.80. The Labute approximate surface area is 83.8 Å². The van der Waals surface area contributed by atoms with Crippen LogP contribution in [0.15, 0.2) is 42.6 Å². The fourth-order valence-corrected chi connectivity index (χ4v) is 2.14. The Morgan fingerprint density at radius 3 is 3.29 bits per heavy atom. The number of pyridine rings is 1. The second kappa shape index (κ2) is 2.98. The van der Waals surface area contributed by atoms with Crippen LogP contribution in [-0.2, 0) is 6.54 Å². The summed E-state index contributed by atoms with van der Waals surface area (Å²) in [5.41, 5.74) is 2.70. The summed E-state index contributed by atoms with van der Waals surface area (Å²) in [6.07, 6.45) is 8.72. The second-order valence-corrected chi connectivity index (χ2v) is 3.71. The van der Waals surface area contributed by atoms with E-state index in [0.29, 0.717) is 0 Å². The van der Waals surface area contributed by atoms with E-state index in [1.165, 1.54) is 11.4 Å². The smallest absolute Gasteiger partial charge is 0.228 e. The van der Waals surface area contributed by atoms with Crippen molar-refractivity contribution in [3.63, 3.8) is 0 Å². The van der Waals surface area contributed by atoms with Crippen LogP contribution in [0.5, 0.6) is 0 Å². The van der Waals surface area contributed by atoms with Crippen molar-refractivity contribution in [2.75, 3.05) is 13.1 Å². The molecule has 3 heterocycles. The van der Waals surface area contributed by atoms with Crippen molar-refractivity contribution >= 4 is 5.70 Å². The third kappa shape index (κ3) is 1.07. The van der Waals surface area contributed by atoms with Crippen LogP contribution < -0.4 is 4.57 Å². The molecule has 0 amide bonds. The summed E-state index contributed by atoms with van der Waals surface area (Å²) in [4.78, 5) is 2.43. The summed E-state index contributed by atoms with van der Waals surface area (Å²) >= 11 is 0. The van der Waals surface area contributed by atoms with Gasteiger partial charge >= 0.3 is 0 Å². The van der Waals surface area contributed by atoms with Crippen molar-refractivity contribution in [1.29, 1.82) is 0 Å². The van der Waals surface area contributed by atoms with Crippen molar-refractivity contribution < 1.29 is 4.57 Å². The highest BCUT2D eigenvalue weighted by Crippen LogP contribution is 2.21. The molecule has 0 saturated carbocycles. The van der Waals surface area contributed by atoms with Gasteiger partial charge in [-0.15, -0.1) is 0 Å². The molecule has 0 atom stereocenters. The average molecular weight is 185 g/mol. The molecule has 3 rings (SSSR count). The SMILES string of the molecule is C1=CCN2CC[n+]3ccccc3C2=C1. The van der Waals surface area contributed by atoms with Gasteiger partial charge in [0.15, 0.2) is 12.7 Å². The van der Waals surface area contributed by atoms with Crippen LogP contribution in [0.25, 0.3) is 5.70 Å². The van der Waals surface area contributed by atoms with Crippen LogP contribution >= 0.6 is 0 Å². The van der Waals surface area contributed by atoms with Crippen molar-refractivity contribution in [2.45, 2.75) is 6.54 Å². The van der Waals surface area contributed by atoms with Crippen LogP contribution in [0, 0.1) is 0 Å². The second-order valence-electron chi connectivity index (χ2n) is 3.71. The summed E-state index contributed by atoms with van der Waals surface area (Å²) in [6.45, 7) is 3.28. The number of hydrogen-bond acceptors (Lipinski definition) is 1. The molecule has 1 aromatic heterocycles. The van der Waals surface area contributed by atoms with Gasteiger partial charge < -0.3 is 4.90 Å². The Morgan fingerprint density at radius 2 is 2.29 bits per heavy atom. The zero-order chi connectivity index (χ0) is 9.38. The lowest BCUT2D eigenvalue weighted by Gasteiger charge is -2.29. The first-order valence-corrected chi connectivity index (χ1v) is 5.06. The quantitative estimate of drug-likeness (QED) is 0.551. The van der Waals surface area contributed by atoms with Crippen LogP contribution in [-0.4, -0.2) is 18.0 Å². The molecule has 0 unspecified atom stereocenters. The molecule has 70 valence electrons. The number of fused-ring (bicyclic) bond motifs is 3. The van der Waals surface area contributed by atoms with E-state index < -0.39 is 0 Å². The van der Waals surface area contributed by atoms with Gasteiger partial charge in [-0.2, -0.15) is 4.57 Å². The van der Waals surface area contributed by atoms with E-state index in [0.717, 1.165) is 19.6 Å². The molecule has 1 aromatic rings. The van der Waals surface area contributed by atoms with Crippen LogP contribution in [0.1, 0.15) is 5.69 Å². The number of aromatic nitrogens is 1. The molecular formula is C12H13N2+. The Hall–Kier alpha value is -1.57. The van der Waals surface area contributed by atoms with Gasteiger partial charge in [0.1, 0.15) is 5.70 Å². The number of hydrogen-bond donors (Lipinski definition) is 0. The van der Waals surface area contributed by atoms with Gasteiger partial charge in [-0.1, -0.05) is 12.2 Å². The maximum Gasteiger partial charge on any atom is 0.228 e. The monoisotopic (exact) mass is 185 g/mol. The van der Waals surface area contributed by atoms with Gasteiger partial charge in [-0.3, -0.25) is 0 Å². The summed E-state index contributed by atoms with van der Waals surface area (Å²) < 4.78 is 2.32. The maximum absolute atomic E-state index is 2.43. The summed E-state index contributed by atoms with van der Waals surface area (Å²) in [6, 6.07) is 6.39. The predicted octanol–water partition coefficient (Wildman–Crippen LogP) is 1.20. The summed E-state index contributed by atoms with van der Waals surface area (Å²) in [5.74, 6) is 0. The van der Waals surface area contributed by atoms with Crippen molar-refractivity contribution in [3.05, 3.63) is 48.3 Å². The molecule has 2 heteroatoms. The van der Waals surface area contributed by atoms with Gasteiger partial charge in [0.25, 0.3) is 0 Å². The predicted molar refractivity (Wildman–Crippen MR) is 55.3 cm³/mol. The van der Waals surface area contributed by atoms with E-state index in [2.05, 4.69) is 52.1 Å². The number of nitrogens with zero attached hydrogens (tertiary/aromatic N) is 2. The van der Waals surface area contributed by atoms with Crippen molar-refractivity contribution in [1.82, 2.24) is 4.90 Å². The van der Waals surface area contributed by atoms with E-state index >= 15 is 0 Å². The molecule has 0 saturated heterocycles. The highest BCUT2D eigenvalue weighted by Gasteiger charge is 2.26. The Morgan fingerprint density at radius 1 is 1.29 bits per heavy atom. The van der Waals surface area contributed by atoms with E-state index in [-0.39, 0.29) is 0 Å². The Balaban J connectivity index is 2.15. The molecule has 2 nitrogen and oxygen atoms in total. The van der Waals surface area contributed by atoms with E-state index in [1.54, 1.807) is 0 Å². The van der Waals surface area contributed by atoms with Crippen molar-refractivity contribution in [2.24, 2.45) is 0 Å².